The second-order valence-corrected chi connectivity index (χ2v) is 4.42. The number of likely N-dealkylation sites (N-methyl/N-ethyl adjacent to an activating group) is 1. The van der Waals surface area contributed by atoms with Crippen LogP contribution in [0.3, 0.4) is 0 Å². The standard InChI is InChI=1S/C14H18N2O2/c1-2-16-13(17)10-12(14(16)18)15-9-8-11-6-4-3-5-7-11/h3-7,12,15H,2,8-10H2,1H3. The van der Waals surface area contributed by atoms with Gasteiger partial charge in [0.1, 0.15) is 0 Å². The van der Waals surface area contributed by atoms with Crippen LogP contribution in [-0.2, 0) is 16.0 Å². The van der Waals surface area contributed by atoms with Gasteiger partial charge in [-0.1, -0.05) is 30.3 Å². The molecule has 4 nitrogen and oxygen atoms in total. The van der Waals surface area contributed by atoms with Gasteiger partial charge in [0, 0.05) is 6.54 Å². The van der Waals surface area contributed by atoms with Gasteiger partial charge in [-0.2, -0.15) is 0 Å². The number of likely N-dealkylation sites (tertiary alicyclic amines) is 1. The topological polar surface area (TPSA) is 49.4 Å². The Balaban J connectivity index is 1.81. The zero-order valence-electron chi connectivity index (χ0n) is 10.6. The minimum absolute atomic E-state index is 0.0697. The van der Waals surface area contributed by atoms with Crippen molar-refractivity contribution in [2.24, 2.45) is 0 Å². The lowest BCUT2D eigenvalue weighted by molar-refractivity contribution is -0.138. The van der Waals surface area contributed by atoms with Gasteiger partial charge in [0.05, 0.1) is 12.5 Å². The Bertz CT molecular complexity index is 431. The number of imide groups is 1. The zero-order valence-corrected chi connectivity index (χ0v) is 10.6. The fraction of sp³-hybridized carbons (Fsp3) is 0.429. The predicted molar refractivity (Wildman–Crippen MR) is 68.9 cm³/mol. The summed E-state index contributed by atoms with van der Waals surface area (Å²) in [6, 6.07) is 9.76. The molecule has 2 rings (SSSR count). The Kier molecular flexibility index (Phi) is 4.10. The maximum absolute atomic E-state index is 11.8. The van der Waals surface area contributed by atoms with Crippen LogP contribution in [0.15, 0.2) is 30.3 Å². The first-order valence-corrected chi connectivity index (χ1v) is 6.34. The Morgan fingerprint density at radius 3 is 2.61 bits per heavy atom. The molecule has 1 atom stereocenters. The zero-order chi connectivity index (χ0) is 13.0. The second kappa shape index (κ2) is 5.78. The van der Waals surface area contributed by atoms with Gasteiger partial charge in [-0.3, -0.25) is 14.5 Å². The molecule has 1 saturated heterocycles. The molecule has 1 fully saturated rings. The number of nitrogens with zero attached hydrogens (tertiary/aromatic N) is 1. The van der Waals surface area contributed by atoms with Gasteiger partial charge in [0.2, 0.25) is 11.8 Å². The van der Waals surface area contributed by atoms with Gasteiger partial charge in [-0.15, -0.1) is 0 Å². The lowest BCUT2D eigenvalue weighted by Crippen LogP contribution is -2.39. The van der Waals surface area contributed by atoms with Crippen LogP contribution in [0.2, 0.25) is 0 Å². The average molecular weight is 246 g/mol. The summed E-state index contributed by atoms with van der Waals surface area (Å²) in [6.07, 6.45) is 1.16. The van der Waals surface area contributed by atoms with Gasteiger partial charge in [-0.05, 0) is 25.5 Å². The first-order chi connectivity index (χ1) is 8.72. The van der Waals surface area contributed by atoms with Crippen LogP contribution in [0.1, 0.15) is 18.9 Å². The summed E-state index contributed by atoms with van der Waals surface area (Å²) in [4.78, 5) is 24.7. The molecule has 0 aliphatic carbocycles. The molecular formula is C14H18N2O2. The van der Waals surface area contributed by atoms with Crippen LogP contribution in [-0.4, -0.2) is 35.8 Å². The molecule has 1 heterocycles. The van der Waals surface area contributed by atoms with E-state index in [4.69, 9.17) is 0 Å². The highest BCUT2D eigenvalue weighted by atomic mass is 16.2. The van der Waals surface area contributed by atoms with Crippen molar-refractivity contribution in [2.45, 2.75) is 25.8 Å². The monoisotopic (exact) mass is 246 g/mol. The third-order valence-electron chi connectivity index (χ3n) is 3.21. The Morgan fingerprint density at radius 1 is 1.28 bits per heavy atom. The van der Waals surface area contributed by atoms with Crippen LogP contribution < -0.4 is 5.32 Å². The molecule has 0 aromatic heterocycles. The van der Waals surface area contributed by atoms with E-state index < -0.39 is 0 Å². The minimum Gasteiger partial charge on any atom is -0.305 e. The van der Waals surface area contributed by atoms with E-state index in [1.807, 2.05) is 25.1 Å². The Hall–Kier alpha value is -1.68. The van der Waals surface area contributed by atoms with Gasteiger partial charge in [0.15, 0.2) is 0 Å². The third-order valence-corrected chi connectivity index (χ3v) is 3.21. The van der Waals surface area contributed by atoms with E-state index in [2.05, 4.69) is 17.4 Å². The summed E-state index contributed by atoms with van der Waals surface area (Å²) in [6.45, 7) is 3.00. The molecule has 0 radical (unpaired) electrons. The van der Waals surface area contributed by atoms with Crippen LogP contribution in [0.5, 0.6) is 0 Å². The van der Waals surface area contributed by atoms with Gasteiger partial charge >= 0.3 is 0 Å². The van der Waals surface area contributed by atoms with E-state index in [1.54, 1.807) is 0 Å². The van der Waals surface area contributed by atoms with Gasteiger partial charge in [-0.25, -0.2) is 0 Å². The number of carbonyl (C=O) groups is 2. The SMILES string of the molecule is CCN1C(=O)CC(NCCc2ccccc2)C1=O. The molecule has 1 aliphatic rings. The molecule has 1 aliphatic heterocycles. The van der Waals surface area contributed by atoms with E-state index in [0.29, 0.717) is 19.5 Å². The second-order valence-electron chi connectivity index (χ2n) is 4.42. The molecule has 0 saturated carbocycles. The molecule has 18 heavy (non-hydrogen) atoms. The summed E-state index contributed by atoms with van der Waals surface area (Å²) in [5.41, 5.74) is 1.23. The molecule has 96 valence electrons. The molecule has 4 heteroatoms. The van der Waals surface area contributed by atoms with Crippen molar-refractivity contribution in [3.8, 4) is 0 Å². The van der Waals surface area contributed by atoms with Gasteiger partial charge in [0.25, 0.3) is 0 Å². The highest BCUT2D eigenvalue weighted by Gasteiger charge is 2.36. The predicted octanol–water partition coefficient (Wildman–Crippen LogP) is 0.966. The highest BCUT2D eigenvalue weighted by Crippen LogP contribution is 2.12. The van der Waals surface area contributed by atoms with E-state index in [1.165, 1.54) is 10.5 Å². The molecular weight excluding hydrogens is 228 g/mol. The number of benzene rings is 1. The lowest BCUT2D eigenvalue weighted by Gasteiger charge is -2.13. The molecule has 1 aromatic rings. The summed E-state index contributed by atoms with van der Waals surface area (Å²) >= 11 is 0. The van der Waals surface area contributed by atoms with E-state index in [0.717, 1.165) is 6.42 Å². The fourth-order valence-corrected chi connectivity index (χ4v) is 2.21. The lowest BCUT2D eigenvalue weighted by atomic mass is 10.1. The maximum Gasteiger partial charge on any atom is 0.246 e. The number of hydrogen-bond acceptors (Lipinski definition) is 3. The van der Waals surface area contributed by atoms with Crippen molar-refractivity contribution in [3.05, 3.63) is 35.9 Å². The first-order valence-electron chi connectivity index (χ1n) is 6.34. The van der Waals surface area contributed by atoms with Crippen molar-refractivity contribution in [2.75, 3.05) is 13.1 Å². The largest absolute Gasteiger partial charge is 0.305 e. The summed E-state index contributed by atoms with van der Waals surface area (Å²) < 4.78 is 0. The maximum atomic E-state index is 11.8. The molecule has 1 N–H and O–H groups in total. The smallest absolute Gasteiger partial charge is 0.246 e. The van der Waals surface area contributed by atoms with Crippen molar-refractivity contribution in [1.29, 1.82) is 0 Å². The molecule has 0 spiro atoms. The quantitative estimate of drug-likeness (QED) is 0.787. The number of nitrogens with one attached hydrogen (secondary N) is 1. The van der Waals surface area contributed by atoms with Crippen LogP contribution in [0.25, 0.3) is 0 Å². The van der Waals surface area contributed by atoms with E-state index in [9.17, 15) is 9.59 Å². The number of rotatable bonds is 5. The molecule has 2 amide bonds. The number of carbonyl (C=O) groups excluding carboxylic acids is 2. The minimum atomic E-state index is -0.332. The number of hydrogen-bond donors (Lipinski definition) is 1. The Morgan fingerprint density at radius 2 is 2.00 bits per heavy atom. The Labute approximate surface area is 107 Å². The highest BCUT2D eigenvalue weighted by molar-refractivity contribution is 6.05. The number of amides is 2. The van der Waals surface area contributed by atoms with Gasteiger partial charge < -0.3 is 5.32 Å². The fourth-order valence-electron chi connectivity index (χ4n) is 2.21. The van der Waals surface area contributed by atoms with Crippen molar-refractivity contribution in [3.63, 3.8) is 0 Å². The molecule has 0 bridgehead atoms. The average Bonchev–Trinajstić information content (AvgIpc) is 2.65. The third kappa shape index (κ3) is 2.76. The van der Waals surface area contributed by atoms with E-state index >= 15 is 0 Å². The van der Waals surface area contributed by atoms with Crippen LogP contribution in [0, 0.1) is 0 Å². The van der Waals surface area contributed by atoms with Crippen molar-refractivity contribution >= 4 is 11.8 Å². The normalized spacial score (nSPS) is 19.6. The summed E-state index contributed by atoms with van der Waals surface area (Å²) in [5, 5.41) is 3.16. The summed E-state index contributed by atoms with van der Waals surface area (Å²) in [5.74, 6) is -0.157. The molecule has 1 aromatic carbocycles. The van der Waals surface area contributed by atoms with Crippen LogP contribution >= 0.6 is 0 Å². The van der Waals surface area contributed by atoms with Crippen molar-refractivity contribution < 1.29 is 9.59 Å². The first kappa shape index (κ1) is 12.8. The van der Waals surface area contributed by atoms with E-state index in [-0.39, 0.29) is 17.9 Å². The van der Waals surface area contributed by atoms with Crippen molar-refractivity contribution in [1.82, 2.24) is 10.2 Å². The molecule has 1 unspecified atom stereocenters. The summed E-state index contributed by atoms with van der Waals surface area (Å²) in [7, 11) is 0. The van der Waals surface area contributed by atoms with Crippen LogP contribution in [0.4, 0.5) is 0 Å².